The van der Waals surface area contributed by atoms with E-state index < -0.39 is 0 Å². The van der Waals surface area contributed by atoms with E-state index in [-0.39, 0.29) is 30.9 Å². The summed E-state index contributed by atoms with van der Waals surface area (Å²) in [7, 11) is 0. The third-order valence-corrected chi connectivity index (χ3v) is 6.39. The molecule has 1 amide bonds. The van der Waals surface area contributed by atoms with Crippen molar-refractivity contribution in [1.29, 1.82) is 0 Å². The average Bonchev–Trinajstić information content (AvgIpc) is 3.05. The van der Waals surface area contributed by atoms with E-state index in [9.17, 15) is 9.59 Å². The van der Waals surface area contributed by atoms with E-state index in [4.69, 9.17) is 4.74 Å². The van der Waals surface area contributed by atoms with Gasteiger partial charge in [-0.05, 0) is 30.4 Å². The number of nitrogens with zero attached hydrogens (tertiary/aromatic N) is 1. The number of aryl methyl sites for hydroxylation is 1. The first kappa shape index (κ1) is 18.8. The van der Waals surface area contributed by atoms with Gasteiger partial charge in [0.1, 0.15) is 0 Å². The molecule has 5 nitrogen and oxygen atoms in total. The SMILES string of the molecule is CC1CCCC(NC(=O)COC(=O)CCc2nc3ccccc3s2)C1C. The van der Waals surface area contributed by atoms with Crippen LogP contribution in [-0.4, -0.2) is 29.5 Å². The average molecular weight is 375 g/mol. The smallest absolute Gasteiger partial charge is 0.306 e. The number of carbonyl (C=O) groups excluding carboxylic acids is 2. The van der Waals surface area contributed by atoms with Crippen molar-refractivity contribution in [3.8, 4) is 0 Å². The van der Waals surface area contributed by atoms with Crippen LogP contribution >= 0.6 is 11.3 Å². The number of para-hydroxylation sites is 1. The number of thiazole rings is 1. The fraction of sp³-hybridized carbons (Fsp3) is 0.550. The van der Waals surface area contributed by atoms with E-state index in [1.165, 1.54) is 6.42 Å². The fourth-order valence-corrected chi connectivity index (χ4v) is 4.46. The first-order chi connectivity index (χ1) is 12.5. The summed E-state index contributed by atoms with van der Waals surface area (Å²) in [6.07, 6.45) is 4.14. The second kappa shape index (κ2) is 8.62. The van der Waals surface area contributed by atoms with Crippen LogP contribution in [0.1, 0.15) is 44.5 Å². The normalized spacial score (nSPS) is 22.9. The largest absolute Gasteiger partial charge is 0.456 e. The van der Waals surface area contributed by atoms with Crippen molar-refractivity contribution in [1.82, 2.24) is 10.3 Å². The van der Waals surface area contributed by atoms with Gasteiger partial charge >= 0.3 is 5.97 Å². The Morgan fingerprint density at radius 1 is 1.27 bits per heavy atom. The van der Waals surface area contributed by atoms with Gasteiger partial charge < -0.3 is 10.1 Å². The van der Waals surface area contributed by atoms with Crippen LogP contribution in [0.5, 0.6) is 0 Å². The summed E-state index contributed by atoms with van der Waals surface area (Å²) in [5, 5.41) is 3.93. The molecule has 1 aliphatic rings. The standard InChI is InChI=1S/C20H26N2O3S/c1-13-6-5-8-15(14(13)2)21-18(23)12-25-20(24)11-10-19-22-16-7-3-4-9-17(16)26-19/h3-4,7,9,13-15H,5-6,8,10-12H2,1-2H3,(H,21,23). The quantitative estimate of drug-likeness (QED) is 0.783. The zero-order valence-electron chi connectivity index (χ0n) is 15.4. The molecule has 0 bridgehead atoms. The van der Waals surface area contributed by atoms with Crippen LogP contribution in [0, 0.1) is 11.8 Å². The van der Waals surface area contributed by atoms with Crippen molar-refractivity contribution in [3.05, 3.63) is 29.3 Å². The number of ether oxygens (including phenoxy) is 1. The van der Waals surface area contributed by atoms with Crippen molar-refractivity contribution >= 4 is 33.4 Å². The molecule has 3 atom stereocenters. The van der Waals surface area contributed by atoms with Gasteiger partial charge in [0.05, 0.1) is 21.6 Å². The summed E-state index contributed by atoms with van der Waals surface area (Å²) in [6.45, 7) is 4.21. The molecule has 1 aromatic carbocycles. The molecule has 1 aromatic heterocycles. The number of rotatable bonds is 6. The second-order valence-corrected chi connectivity index (χ2v) is 8.29. The summed E-state index contributed by atoms with van der Waals surface area (Å²) in [4.78, 5) is 28.5. The van der Waals surface area contributed by atoms with Gasteiger partial charge in [-0.2, -0.15) is 0 Å². The summed E-state index contributed by atoms with van der Waals surface area (Å²) in [6, 6.07) is 8.10. The fourth-order valence-electron chi connectivity index (χ4n) is 3.49. The lowest BCUT2D eigenvalue weighted by Crippen LogP contribution is -2.45. The minimum absolute atomic E-state index is 0.188. The highest BCUT2D eigenvalue weighted by atomic mass is 32.1. The minimum atomic E-state index is -0.357. The molecule has 3 unspecified atom stereocenters. The molecule has 26 heavy (non-hydrogen) atoms. The number of aromatic nitrogens is 1. The highest BCUT2D eigenvalue weighted by molar-refractivity contribution is 7.18. The van der Waals surface area contributed by atoms with Crippen LogP contribution < -0.4 is 5.32 Å². The molecule has 1 aliphatic carbocycles. The Morgan fingerprint density at radius 2 is 2.08 bits per heavy atom. The van der Waals surface area contributed by atoms with Gasteiger partial charge in [-0.1, -0.05) is 38.8 Å². The first-order valence-corrected chi connectivity index (χ1v) is 10.1. The third-order valence-electron chi connectivity index (χ3n) is 5.30. The lowest BCUT2D eigenvalue weighted by Gasteiger charge is -2.34. The van der Waals surface area contributed by atoms with E-state index >= 15 is 0 Å². The molecule has 0 saturated heterocycles. The Hall–Kier alpha value is -1.95. The van der Waals surface area contributed by atoms with E-state index in [2.05, 4.69) is 24.1 Å². The van der Waals surface area contributed by atoms with Gasteiger partial charge in [-0.3, -0.25) is 9.59 Å². The van der Waals surface area contributed by atoms with Gasteiger partial charge in [-0.25, -0.2) is 4.98 Å². The van der Waals surface area contributed by atoms with E-state index in [1.807, 2.05) is 24.3 Å². The van der Waals surface area contributed by atoms with Crippen molar-refractivity contribution < 1.29 is 14.3 Å². The lowest BCUT2D eigenvalue weighted by molar-refractivity contribution is -0.148. The molecule has 3 rings (SSSR count). The Kier molecular flexibility index (Phi) is 6.25. The van der Waals surface area contributed by atoms with Gasteiger partial charge in [0.25, 0.3) is 5.91 Å². The number of benzene rings is 1. The Morgan fingerprint density at radius 3 is 2.88 bits per heavy atom. The monoisotopic (exact) mass is 374 g/mol. The minimum Gasteiger partial charge on any atom is -0.456 e. The van der Waals surface area contributed by atoms with Crippen LogP contribution in [0.25, 0.3) is 10.2 Å². The Bertz CT molecular complexity index is 740. The number of esters is 1. The molecule has 1 fully saturated rings. The number of carbonyl (C=O) groups is 2. The highest BCUT2D eigenvalue weighted by Gasteiger charge is 2.28. The van der Waals surface area contributed by atoms with Gasteiger partial charge in [0, 0.05) is 12.5 Å². The maximum absolute atomic E-state index is 12.1. The first-order valence-electron chi connectivity index (χ1n) is 9.32. The van der Waals surface area contributed by atoms with Crippen LogP contribution in [-0.2, 0) is 20.7 Å². The maximum atomic E-state index is 12.1. The van der Waals surface area contributed by atoms with Crippen molar-refractivity contribution in [2.45, 2.75) is 52.0 Å². The predicted molar refractivity (Wildman–Crippen MR) is 103 cm³/mol. The van der Waals surface area contributed by atoms with Crippen molar-refractivity contribution in [2.24, 2.45) is 11.8 Å². The summed E-state index contributed by atoms with van der Waals surface area (Å²) < 4.78 is 6.25. The molecule has 0 aliphatic heterocycles. The van der Waals surface area contributed by atoms with E-state index in [0.717, 1.165) is 28.1 Å². The number of hydrogen-bond acceptors (Lipinski definition) is 5. The highest BCUT2D eigenvalue weighted by Crippen LogP contribution is 2.29. The summed E-state index contributed by atoms with van der Waals surface area (Å²) in [5.74, 6) is 0.515. The number of nitrogens with one attached hydrogen (secondary N) is 1. The molecule has 140 valence electrons. The van der Waals surface area contributed by atoms with E-state index in [0.29, 0.717) is 18.3 Å². The molecule has 1 N–H and O–H groups in total. The lowest BCUT2D eigenvalue weighted by atomic mass is 9.78. The molecule has 1 heterocycles. The topological polar surface area (TPSA) is 68.3 Å². The molecule has 1 saturated carbocycles. The van der Waals surface area contributed by atoms with Crippen LogP contribution in [0.4, 0.5) is 0 Å². The zero-order valence-corrected chi connectivity index (χ0v) is 16.2. The van der Waals surface area contributed by atoms with Crippen LogP contribution in [0.15, 0.2) is 24.3 Å². The molecule has 0 spiro atoms. The van der Waals surface area contributed by atoms with Gasteiger partial charge in [-0.15, -0.1) is 11.3 Å². The van der Waals surface area contributed by atoms with Crippen molar-refractivity contribution in [2.75, 3.05) is 6.61 Å². The Balaban J connectivity index is 1.40. The zero-order chi connectivity index (χ0) is 18.5. The third kappa shape index (κ3) is 4.81. The summed E-state index contributed by atoms with van der Waals surface area (Å²) in [5.41, 5.74) is 0.955. The number of hydrogen-bond donors (Lipinski definition) is 1. The molecule has 0 radical (unpaired) electrons. The second-order valence-electron chi connectivity index (χ2n) is 7.18. The Labute approximate surface area is 158 Å². The van der Waals surface area contributed by atoms with Crippen molar-refractivity contribution in [3.63, 3.8) is 0 Å². The van der Waals surface area contributed by atoms with Crippen LogP contribution in [0.2, 0.25) is 0 Å². The molecule has 6 heteroatoms. The molecule has 2 aromatic rings. The predicted octanol–water partition coefficient (Wildman–Crippen LogP) is 3.71. The number of amides is 1. The van der Waals surface area contributed by atoms with Gasteiger partial charge in [0.2, 0.25) is 0 Å². The number of fused-ring (bicyclic) bond motifs is 1. The van der Waals surface area contributed by atoms with E-state index in [1.54, 1.807) is 11.3 Å². The molecular weight excluding hydrogens is 348 g/mol. The summed E-state index contributed by atoms with van der Waals surface area (Å²) >= 11 is 1.59. The van der Waals surface area contributed by atoms with Gasteiger partial charge in [0.15, 0.2) is 6.61 Å². The molecular formula is C20H26N2O3S. The maximum Gasteiger partial charge on any atom is 0.306 e. The van der Waals surface area contributed by atoms with Crippen LogP contribution in [0.3, 0.4) is 0 Å².